The lowest BCUT2D eigenvalue weighted by atomic mass is 9.98. The quantitative estimate of drug-likeness (QED) is 0.801. The van der Waals surface area contributed by atoms with E-state index in [1.54, 1.807) is 0 Å². The predicted octanol–water partition coefficient (Wildman–Crippen LogP) is 1.95. The average molecular weight is 223 g/mol. The van der Waals surface area contributed by atoms with E-state index in [-0.39, 0.29) is 12.6 Å². The highest BCUT2D eigenvalue weighted by Gasteiger charge is 2.13. The lowest BCUT2D eigenvalue weighted by Gasteiger charge is -2.18. The summed E-state index contributed by atoms with van der Waals surface area (Å²) in [6.07, 6.45) is 0. The van der Waals surface area contributed by atoms with Crippen molar-refractivity contribution in [1.82, 2.24) is 5.32 Å². The van der Waals surface area contributed by atoms with Crippen LogP contribution in [0.3, 0.4) is 0 Å². The summed E-state index contributed by atoms with van der Waals surface area (Å²) in [6.45, 7) is 6.82. The number of nitrogens with one attached hydrogen (secondary N) is 1. The minimum atomic E-state index is -0.00521. The van der Waals surface area contributed by atoms with Gasteiger partial charge < -0.3 is 15.2 Å². The molecule has 16 heavy (non-hydrogen) atoms. The monoisotopic (exact) mass is 223 g/mol. The summed E-state index contributed by atoms with van der Waals surface area (Å²) in [6, 6.07) is 4.11. The van der Waals surface area contributed by atoms with Crippen molar-refractivity contribution in [3.05, 3.63) is 28.8 Å². The molecule has 1 atom stereocenters. The molecule has 0 saturated carbocycles. The third kappa shape index (κ3) is 2.74. The first-order valence-electron chi connectivity index (χ1n) is 5.66. The molecule has 1 aromatic carbocycles. The molecule has 0 saturated heterocycles. The second-order valence-electron chi connectivity index (χ2n) is 3.93. The molecule has 3 heteroatoms. The highest BCUT2D eigenvalue weighted by molar-refractivity contribution is 5.43. The maximum absolute atomic E-state index is 9.27. The molecule has 1 aromatic rings. The highest BCUT2D eigenvalue weighted by Crippen LogP contribution is 2.26. The number of benzene rings is 1. The molecule has 0 aliphatic heterocycles. The van der Waals surface area contributed by atoms with Crippen molar-refractivity contribution in [3.8, 4) is 5.75 Å². The Hall–Kier alpha value is -1.06. The number of aryl methyl sites for hydroxylation is 2. The summed E-state index contributed by atoms with van der Waals surface area (Å²) in [5, 5.41) is 12.4. The van der Waals surface area contributed by atoms with Crippen molar-refractivity contribution in [3.63, 3.8) is 0 Å². The van der Waals surface area contributed by atoms with Crippen LogP contribution in [-0.4, -0.2) is 25.4 Å². The molecule has 2 N–H and O–H groups in total. The summed E-state index contributed by atoms with van der Waals surface area (Å²) in [7, 11) is 1.85. The fraction of sp³-hybridized carbons (Fsp3) is 0.538. The van der Waals surface area contributed by atoms with Crippen molar-refractivity contribution in [2.45, 2.75) is 26.8 Å². The van der Waals surface area contributed by atoms with Crippen LogP contribution in [0.2, 0.25) is 0 Å². The van der Waals surface area contributed by atoms with Gasteiger partial charge in [-0.15, -0.1) is 0 Å². The first kappa shape index (κ1) is 13.0. The van der Waals surface area contributed by atoms with Crippen LogP contribution < -0.4 is 10.1 Å². The molecule has 0 bridgehead atoms. The van der Waals surface area contributed by atoms with Gasteiger partial charge in [0, 0.05) is 0 Å². The normalized spacial score (nSPS) is 12.6. The molecule has 0 aromatic heterocycles. The Kier molecular flexibility index (Phi) is 4.77. The van der Waals surface area contributed by atoms with E-state index in [1.165, 1.54) is 0 Å². The van der Waals surface area contributed by atoms with Crippen LogP contribution in [-0.2, 0) is 0 Å². The van der Waals surface area contributed by atoms with Crippen molar-refractivity contribution in [2.24, 2.45) is 0 Å². The maximum atomic E-state index is 9.27. The third-order valence-electron chi connectivity index (χ3n) is 2.77. The fourth-order valence-electron chi connectivity index (χ4n) is 1.84. The molecule has 90 valence electrons. The Labute approximate surface area is 97.4 Å². The van der Waals surface area contributed by atoms with Gasteiger partial charge in [0.2, 0.25) is 0 Å². The van der Waals surface area contributed by atoms with Gasteiger partial charge in [-0.3, -0.25) is 0 Å². The second-order valence-corrected chi connectivity index (χ2v) is 3.93. The van der Waals surface area contributed by atoms with Crippen molar-refractivity contribution in [1.29, 1.82) is 0 Å². The zero-order valence-corrected chi connectivity index (χ0v) is 10.5. The van der Waals surface area contributed by atoms with Gasteiger partial charge in [0.15, 0.2) is 0 Å². The zero-order chi connectivity index (χ0) is 12.1. The molecular weight excluding hydrogens is 202 g/mol. The van der Waals surface area contributed by atoms with E-state index in [4.69, 9.17) is 4.74 Å². The molecule has 1 unspecified atom stereocenters. The summed E-state index contributed by atoms with van der Waals surface area (Å²) in [5.41, 5.74) is 3.38. The number of aliphatic hydroxyl groups excluding tert-OH is 1. The standard InChI is InChI=1S/C13H21NO2/c1-5-16-13-7-9(2)11(6-10(13)3)12(8-15)14-4/h6-7,12,14-15H,5,8H2,1-4H3. The van der Waals surface area contributed by atoms with Gasteiger partial charge >= 0.3 is 0 Å². The lowest BCUT2D eigenvalue weighted by molar-refractivity contribution is 0.250. The Morgan fingerprint density at radius 3 is 2.50 bits per heavy atom. The number of ether oxygens (including phenoxy) is 1. The molecule has 0 radical (unpaired) electrons. The van der Waals surface area contributed by atoms with Crippen LogP contribution in [0.25, 0.3) is 0 Å². The van der Waals surface area contributed by atoms with Crippen LogP contribution >= 0.6 is 0 Å². The number of hydrogen-bond acceptors (Lipinski definition) is 3. The minimum absolute atomic E-state index is 0.00521. The summed E-state index contributed by atoms with van der Waals surface area (Å²) >= 11 is 0. The van der Waals surface area contributed by atoms with Crippen LogP contribution in [0.1, 0.15) is 29.7 Å². The van der Waals surface area contributed by atoms with Crippen molar-refractivity contribution < 1.29 is 9.84 Å². The van der Waals surface area contributed by atoms with E-state index < -0.39 is 0 Å². The number of likely N-dealkylation sites (N-methyl/N-ethyl adjacent to an activating group) is 1. The van der Waals surface area contributed by atoms with Gasteiger partial charge in [0.05, 0.1) is 19.3 Å². The van der Waals surface area contributed by atoms with Gasteiger partial charge in [-0.05, 0) is 50.6 Å². The SMILES string of the molecule is CCOc1cc(C)c(C(CO)NC)cc1C. The summed E-state index contributed by atoms with van der Waals surface area (Å²) in [5.74, 6) is 0.927. The molecule has 0 amide bonds. The largest absolute Gasteiger partial charge is 0.494 e. The van der Waals surface area contributed by atoms with E-state index in [0.29, 0.717) is 6.61 Å². The summed E-state index contributed by atoms with van der Waals surface area (Å²) < 4.78 is 5.54. The molecule has 0 aliphatic rings. The van der Waals surface area contributed by atoms with E-state index in [9.17, 15) is 5.11 Å². The summed E-state index contributed by atoms with van der Waals surface area (Å²) in [4.78, 5) is 0. The molecule has 0 heterocycles. The third-order valence-corrected chi connectivity index (χ3v) is 2.77. The minimum Gasteiger partial charge on any atom is -0.494 e. The number of rotatable bonds is 5. The Balaban J connectivity index is 3.08. The van der Waals surface area contributed by atoms with E-state index in [2.05, 4.69) is 11.4 Å². The predicted molar refractivity (Wildman–Crippen MR) is 66.0 cm³/mol. The smallest absolute Gasteiger partial charge is 0.122 e. The van der Waals surface area contributed by atoms with Crippen LogP contribution in [0.4, 0.5) is 0 Å². The van der Waals surface area contributed by atoms with Crippen LogP contribution in [0.15, 0.2) is 12.1 Å². The Morgan fingerprint density at radius 2 is 2.00 bits per heavy atom. The number of hydrogen-bond donors (Lipinski definition) is 2. The number of aliphatic hydroxyl groups is 1. The van der Waals surface area contributed by atoms with E-state index >= 15 is 0 Å². The Bertz CT molecular complexity index is 346. The highest BCUT2D eigenvalue weighted by atomic mass is 16.5. The molecule has 1 rings (SSSR count). The van der Waals surface area contributed by atoms with E-state index in [0.717, 1.165) is 22.4 Å². The van der Waals surface area contributed by atoms with Crippen molar-refractivity contribution in [2.75, 3.05) is 20.3 Å². The lowest BCUT2D eigenvalue weighted by Crippen LogP contribution is -2.21. The second kappa shape index (κ2) is 5.87. The van der Waals surface area contributed by atoms with Crippen LogP contribution in [0.5, 0.6) is 5.75 Å². The van der Waals surface area contributed by atoms with Gasteiger partial charge in [0.25, 0.3) is 0 Å². The average Bonchev–Trinajstić information content (AvgIpc) is 2.26. The van der Waals surface area contributed by atoms with Crippen molar-refractivity contribution >= 4 is 0 Å². The maximum Gasteiger partial charge on any atom is 0.122 e. The molecule has 0 spiro atoms. The van der Waals surface area contributed by atoms with Crippen LogP contribution in [0, 0.1) is 13.8 Å². The first-order chi connectivity index (χ1) is 7.63. The topological polar surface area (TPSA) is 41.5 Å². The van der Waals surface area contributed by atoms with Gasteiger partial charge in [0.1, 0.15) is 5.75 Å². The molecular formula is C13H21NO2. The zero-order valence-electron chi connectivity index (χ0n) is 10.5. The van der Waals surface area contributed by atoms with Gasteiger partial charge in [-0.25, -0.2) is 0 Å². The molecule has 0 aliphatic carbocycles. The fourth-order valence-corrected chi connectivity index (χ4v) is 1.84. The van der Waals surface area contributed by atoms with E-state index in [1.807, 2.05) is 33.9 Å². The van der Waals surface area contributed by atoms with Gasteiger partial charge in [-0.2, -0.15) is 0 Å². The first-order valence-corrected chi connectivity index (χ1v) is 5.66. The molecule has 0 fully saturated rings. The van der Waals surface area contributed by atoms with Gasteiger partial charge in [-0.1, -0.05) is 6.07 Å². The Morgan fingerprint density at radius 1 is 1.31 bits per heavy atom. The molecule has 3 nitrogen and oxygen atoms in total.